The molecule has 1 fully saturated rings. The number of anilines is 2. The predicted molar refractivity (Wildman–Crippen MR) is 152 cm³/mol. The van der Waals surface area contributed by atoms with Crippen LogP contribution in [0.15, 0.2) is 78.9 Å². The molecule has 1 aliphatic rings. The predicted octanol–water partition coefficient (Wildman–Crippen LogP) is 3.46. The molecule has 0 unspecified atom stereocenters. The van der Waals surface area contributed by atoms with E-state index in [4.69, 9.17) is 50.1 Å². The van der Waals surface area contributed by atoms with Gasteiger partial charge in [0, 0.05) is 30.9 Å². The van der Waals surface area contributed by atoms with Crippen molar-refractivity contribution < 1.29 is 49.1 Å². The van der Waals surface area contributed by atoms with Gasteiger partial charge in [-0.2, -0.15) is 0 Å². The highest BCUT2D eigenvalue weighted by molar-refractivity contribution is 6.27. The number of carbonyl (C=O) groups is 5. The second kappa shape index (κ2) is 16.6. The number of ether oxygens (including phenoxy) is 1. The van der Waals surface area contributed by atoms with Crippen molar-refractivity contribution in [2.75, 3.05) is 24.1 Å². The molecule has 0 bridgehead atoms. The Balaban J connectivity index is 0.000000434. The second-order valence-electron chi connectivity index (χ2n) is 8.88. The summed E-state index contributed by atoms with van der Waals surface area (Å²) in [5, 5.41) is 32.5. The van der Waals surface area contributed by atoms with Gasteiger partial charge in [0.05, 0.1) is 5.69 Å². The highest BCUT2D eigenvalue weighted by Crippen LogP contribution is 2.28. The molecule has 3 aromatic carbocycles. The fourth-order valence-corrected chi connectivity index (χ4v) is 3.82. The van der Waals surface area contributed by atoms with Crippen LogP contribution in [0, 0.1) is 0 Å². The van der Waals surface area contributed by atoms with Gasteiger partial charge in [-0.15, -0.1) is 0 Å². The minimum atomic E-state index is -1.82. The lowest BCUT2D eigenvalue weighted by atomic mass is 10.0. The molecule has 1 saturated heterocycles. The summed E-state index contributed by atoms with van der Waals surface area (Å²) >= 11 is 0. The fraction of sp³-hybridized carbons (Fsp3) is 0.207. The van der Waals surface area contributed by atoms with Crippen LogP contribution in [0.3, 0.4) is 0 Å². The summed E-state index contributed by atoms with van der Waals surface area (Å²) in [6.07, 6.45) is 1.22. The molecule has 13 heteroatoms. The number of nitrogens with two attached hydrogens (primary N) is 1. The Morgan fingerprint density at radius 3 is 1.76 bits per heavy atom. The summed E-state index contributed by atoms with van der Waals surface area (Å²) in [5.41, 5.74) is 10.6. The maximum absolute atomic E-state index is 12.5. The Labute approximate surface area is 240 Å². The smallest absolute Gasteiger partial charge is 0.414 e. The van der Waals surface area contributed by atoms with Gasteiger partial charge in [0.1, 0.15) is 6.10 Å². The number of carbonyl (C=O) groups excluding carboxylic acids is 1. The van der Waals surface area contributed by atoms with Gasteiger partial charge in [0.2, 0.25) is 0 Å². The number of para-hydroxylation sites is 1. The molecule has 7 N–H and O–H groups in total. The molecule has 13 nitrogen and oxygen atoms in total. The zero-order valence-electron chi connectivity index (χ0n) is 22.4. The Morgan fingerprint density at radius 1 is 0.738 bits per heavy atom. The zero-order chi connectivity index (χ0) is 31.1. The van der Waals surface area contributed by atoms with Crippen LogP contribution in [0.25, 0.3) is 11.1 Å². The number of nitrogens with zero attached hydrogens (tertiary/aromatic N) is 1. The third-order valence-electron chi connectivity index (χ3n) is 5.81. The summed E-state index contributed by atoms with van der Waals surface area (Å²) in [5.74, 6) is -7.30. The van der Waals surface area contributed by atoms with Crippen molar-refractivity contribution in [2.24, 2.45) is 0 Å². The Hall–Kier alpha value is -5.43. The fourth-order valence-electron chi connectivity index (χ4n) is 3.82. The normalized spacial score (nSPS) is 12.8. The van der Waals surface area contributed by atoms with Crippen LogP contribution < -0.4 is 11.1 Å². The van der Waals surface area contributed by atoms with Gasteiger partial charge in [0.25, 0.3) is 0 Å². The third-order valence-corrected chi connectivity index (χ3v) is 5.81. The minimum Gasteiger partial charge on any atom is -0.473 e. The molecule has 0 radical (unpaired) electrons. The first kappa shape index (κ1) is 32.8. The lowest BCUT2D eigenvalue weighted by Gasteiger charge is -2.31. The molecule has 42 heavy (non-hydrogen) atoms. The van der Waals surface area contributed by atoms with E-state index in [9.17, 15) is 4.79 Å². The van der Waals surface area contributed by atoms with Crippen LogP contribution in [-0.2, 0) is 30.5 Å². The number of likely N-dealkylation sites (tertiary alicyclic amines) is 1. The molecule has 0 spiro atoms. The van der Waals surface area contributed by atoms with E-state index in [1.807, 2.05) is 66.7 Å². The highest BCUT2D eigenvalue weighted by atomic mass is 16.6. The summed E-state index contributed by atoms with van der Waals surface area (Å²) in [6.45, 7) is 2.70. The first-order chi connectivity index (χ1) is 20.0. The van der Waals surface area contributed by atoms with Crippen LogP contribution in [-0.4, -0.2) is 74.5 Å². The molecule has 1 amide bonds. The van der Waals surface area contributed by atoms with Crippen LogP contribution in [0.1, 0.15) is 18.4 Å². The van der Waals surface area contributed by atoms with Gasteiger partial charge in [-0.25, -0.2) is 24.0 Å². The van der Waals surface area contributed by atoms with E-state index in [1.54, 1.807) is 0 Å². The topological polar surface area (TPSA) is 217 Å². The number of aliphatic carboxylic acids is 4. The van der Waals surface area contributed by atoms with Gasteiger partial charge in [0.15, 0.2) is 0 Å². The monoisotopic (exact) mass is 581 g/mol. The number of piperidine rings is 1. The number of carboxylic acids is 4. The van der Waals surface area contributed by atoms with E-state index >= 15 is 0 Å². The second-order valence-corrected chi connectivity index (χ2v) is 8.88. The van der Waals surface area contributed by atoms with Gasteiger partial charge < -0.3 is 30.9 Å². The quantitative estimate of drug-likeness (QED) is 0.189. The van der Waals surface area contributed by atoms with Crippen LogP contribution >= 0.6 is 0 Å². The molecular formula is C29H31N3O10. The van der Waals surface area contributed by atoms with Crippen molar-refractivity contribution in [1.29, 1.82) is 0 Å². The SMILES string of the molecule is Nc1ccc(CN2CCC(OC(=O)Nc3ccccc3-c3ccccc3)CC2)cc1.O=C(O)C(=O)O.O=C(O)C(=O)O. The van der Waals surface area contributed by atoms with Gasteiger partial charge in [-0.3, -0.25) is 10.2 Å². The van der Waals surface area contributed by atoms with E-state index in [0.29, 0.717) is 0 Å². The van der Waals surface area contributed by atoms with Crippen LogP contribution in [0.2, 0.25) is 0 Å². The van der Waals surface area contributed by atoms with Crippen molar-refractivity contribution >= 4 is 41.3 Å². The largest absolute Gasteiger partial charge is 0.473 e. The molecule has 1 heterocycles. The standard InChI is InChI=1S/C25H27N3O2.2C2H2O4/c26-21-12-10-19(11-13-21)18-28-16-14-22(15-17-28)30-25(29)27-24-9-5-4-8-23(24)20-6-2-1-3-7-20;2*3-1(4)2(5)6/h1-13,22H,14-18,26H2,(H,27,29);2*(H,3,4)(H,5,6). The Kier molecular flexibility index (Phi) is 13.0. The highest BCUT2D eigenvalue weighted by Gasteiger charge is 2.23. The van der Waals surface area contributed by atoms with Gasteiger partial charge in [-0.05, 0) is 42.2 Å². The zero-order valence-corrected chi connectivity index (χ0v) is 22.4. The Bertz CT molecular complexity index is 1310. The van der Waals surface area contributed by atoms with Crippen molar-refractivity contribution in [3.63, 3.8) is 0 Å². The number of carboxylic acid groups (broad SMARTS) is 4. The molecule has 1 aliphatic heterocycles. The lowest BCUT2D eigenvalue weighted by molar-refractivity contribution is -0.159. The van der Waals surface area contributed by atoms with Crippen molar-refractivity contribution in [3.8, 4) is 11.1 Å². The summed E-state index contributed by atoms with van der Waals surface area (Å²) in [7, 11) is 0. The van der Waals surface area contributed by atoms with E-state index in [0.717, 1.165) is 55.0 Å². The first-order valence-electron chi connectivity index (χ1n) is 12.6. The average Bonchev–Trinajstić information content (AvgIpc) is 2.96. The van der Waals surface area contributed by atoms with E-state index < -0.39 is 30.0 Å². The molecule has 0 aliphatic carbocycles. The number of hydrogen-bond acceptors (Lipinski definition) is 8. The molecule has 222 valence electrons. The summed E-state index contributed by atoms with van der Waals surface area (Å²) < 4.78 is 5.71. The molecule has 0 aromatic heterocycles. The maximum atomic E-state index is 12.5. The van der Waals surface area contributed by atoms with Crippen molar-refractivity contribution in [2.45, 2.75) is 25.5 Å². The van der Waals surface area contributed by atoms with Crippen molar-refractivity contribution in [1.82, 2.24) is 4.90 Å². The average molecular weight is 582 g/mol. The number of hydrogen-bond donors (Lipinski definition) is 6. The molecule has 3 aromatic rings. The maximum Gasteiger partial charge on any atom is 0.414 e. The number of nitrogen functional groups attached to an aromatic ring is 1. The Morgan fingerprint density at radius 2 is 1.24 bits per heavy atom. The van der Waals surface area contributed by atoms with Gasteiger partial charge in [-0.1, -0.05) is 60.7 Å². The summed E-state index contributed by atoms with van der Waals surface area (Å²) in [4.78, 5) is 51.3. The van der Waals surface area contributed by atoms with E-state index in [1.165, 1.54) is 5.56 Å². The van der Waals surface area contributed by atoms with Crippen LogP contribution in [0.4, 0.5) is 16.2 Å². The van der Waals surface area contributed by atoms with Crippen LogP contribution in [0.5, 0.6) is 0 Å². The number of rotatable bonds is 5. The third kappa shape index (κ3) is 11.8. The van der Waals surface area contributed by atoms with Gasteiger partial charge >= 0.3 is 30.0 Å². The van der Waals surface area contributed by atoms with E-state index in [-0.39, 0.29) is 6.10 Å². The first-order valence-corrected chi connectivity index (χ1v) is 12.6. The van der Waals surface area contributed by atoms with E-state index in [2.05, 4.69) is 22.3 Å². The minimum absolute atomic E-state index is 0.0587. The van der Waals surface area contributed by atoms with Crippen molar-refractivity contribution in [3.05, 3.63) is 84.4 Å². The number of amides is 1. The molecule has 0 saturated carbocycles. The molecule has 4 rings (SSSR count). The number of benzene rings is 3. The molecular weight excluding hydrogens is 550 g/mol. The summed E-state index contributed by atoms with van der Waals surface area (Å²) in [6, 6.07) is 25.8. The lowest BCUT2D eigenvalue weighted by Crippen LogP contribution is -2.38. The molecule has 0 atom stereocenters. The number of nitrogens with one attached hydrogen (secondary N) is 1.